The molecule has 0 spiro atoms. The van der Waals surface area contributed by atoms with E-state index < -0.39 is 12.1 Å². The van der Waals surface area contributed by atoms with Crippen LogP contribution in [0.5, 0.6) is 5.75 Å². The molecule has 2 rings (SSSR count). The van der Waals surface area contributed by atoms with Gasteiger partial charge in [0, 0.05) is 11.6 Å². The van der Waals surface area contributed by atoms with E-state index in [1.165, 1.54) is 0 Å². The summed E-state index contributed by atoms with van der Waals surface area (Å²) in [5, 5.41) is 27.2. The van der Waals surface area contributed by atoms with Crippen LogP contribution in [0.4, 0.5) is 9.18 Å². The molecular weight excluding hydrogens is 483 g/mol. The van der Waals surface area contributed by atoms with Gasteiger partial charge < -0.3 is 25.6 Å². The van der Waals surface area contributed by atoms with Gasteiger partial charge in [-0.15, -0.1) is 0 Å². The highest BCUT2D eigenvalue weighted by atomic mass is 35.5. The molecule has 0 radical (unpaired) electrons. The summed E-state index contributed by atoms with van der Waals surface area (Å²) in [5.41, 5.74) is 1.60. The molecule has 0 unspecified atom stereocenters. The van der Waals surface area contributed by atoms with Crippen molar-refractivity contribution in [2.24, 2.45) is 0 Å². The zero-order valence-electron chi connectivity index (χ0n) is 21.1. The van der Waals surface area contributed by atoms with E-state index in [2.05, 4.69) is 10.6 Å². The second kappa shape index (κ2) is 17.2. The summed E-state index contributed by atoms with van der Waals surface area (Å²) < 4.78 is 17.8. The predicted octanol–water partition coefficient (Wildman–Crippen LogP) is 6.09. The molecule has 2 amide bonds. The van der Waals surface area contributed by atoms with E-state index in [-0.39, 0.29) is 18.8 Å². The number of ether oxygens (including phenoxy) is 1. The molecule has 0 fully saturated rings. The van der Waals surface area contributed by atoms with Gasteiger partial charge in [0.1, 0.15) is 5.75 Å². The lowest BCUT2D eigenvalue weighted by molar-refractivity contribution is 0.123. The first-order chi connectivity index (χ1) is 17.4. The molecule has 36 heavy (non-hydrogen) atoms. The Bertz CT molecular complexity index is 867. The maximum Gasteiger partial charge on any atom is 0.315 e. The maximum absolute atomic E-state index is 12.6. The number of amides is 2. The number of urea groups is 1. The van der Waals surface area contributed by atoms with Crippen LogP contribution in [0.1, 0.15) is 75.5 Å². The van der Waals surface area contributed by atoms with Crippen LogP contribution in [0.25, 0.3) is 0 Å². The van der Waals surface area contributed by atoms with E-state index >= 15 is 0 Å². The molecule has 0 heterocycles. The number of rotatable bonds is 17. The minimum absolute atomic E-state index is 0.277. The van der Waals surface area contributed by atoms with Crippen LogP contribution in [0.15, 0.2) is 48.5 Å². The Balaban J connectivity index is 1.94. The van der Waals surface area contributed by atoms with Gasteiger partial charge in [0.15, 0.2) is 0 Å². The highest BCUT2D eigenvalue weighted by Crippen LogP contribution is 2.24. The summed E-state index contributed by atoms with van der Waals surface area (Å²) in [6, 6.07) is 13.5. The quantitative estimate of drug-likeness (QED) is 0.189. The summed E-state index contributed by atoms with van der Waals surface area (Å²) in [5.74, 6) is 0.657. The number of alkyl halides is 1. The van der Waals surface area contributed by atoms with Crippen molar-refractivity contribution < 1.29 is 24.1 Å². The Morgan fingerprint density at radius 3 is 2.33 bits per heavy atom. The van der Waals surface area contributed by atoms with E-state index in [1.54, 1.807) is 36.4 Å². The van der Waals surface area contributed by atoms with Crippen molar-refractivity contribution in [2.75, 3.05) is 13.3 Å². The molecule has 0 saturated heterocycles. The summed E-state index contributed by atoms with van der Waals surface area (Å²) >= 11 is 5.92. The first-order valence-electron chi connectivity index (χ1n) is 12.9. The monoisotopic (exact) mass is 522 g/mol. The molecule has 0 aliphatic heterocycles. The number of unbranched alkanes of at least 4 members (excludes halogenated alkanes) is 3. The van der Waals surface area contributed by atoms with Crippen LogP contribution in [0.3, 0.4) is 0 Å². The minimum Gasteiger partial charge on any atom is -0.494 e. The minimum atomic E-state index is -0.895. The van der Waals surface area contributed by atoms with Gasteiger partial charge in [0.05, 0.1) is 31.5 Å². The normalized spacial score (nSPS) is 13.6. The largest absolute Gasteiger partial charge is 0.494 e. The fourth-order valence-electron chi connectivity index (χ4n) is 3.82. The van der Waals surface area contributed by atoms with Gasteiger partial charge in [-0.2, -0.15) is 0 Å². The van der Waals surface area contributed by atoms with Crippen LogP contribution in [-0.4, -0.2) is 41.7 Å². The number of benzene rings is 2. The second-order valence-electron chi connectivity index (χ2n) is 9.02. The van der Waals surface area contributed by atoms with Crippen LogP contribution in [0, 0.1) is 0 Å². The topological polar surface area (TPSA) is 90.8 Å². The zero-order chi connectivity index (χ0) is 26.2. The van der Waals surface area contributed by atoms with E-state index in [0.29, 0.717) is 48.7 Å². The summed E-state index contributed by atoms with van der Waals surface area (Å²) in [4.78, 5) is 12.6. The Hall–Kier alpha value is -2.35. The smallest absolute Gasteiger partial charge is 0.315 e. The van der Waals surface area contributed by atoms with Crippen molar-refractivity contribution >= 4 is 17.6 Å². The van der Waals surface area contributed by atoms with E-state index in [1.807, 2.05) is 19.1 Å². The van der Waals surface area contributed by atoms with Gasteiger partial charge in [-0.1, -0.05) is 62.1 Å². The second-order valence-corrected chi connectivity index (χ2v) is 9.45. The third-order valence-corrected chi connectivity index (χ3v) is 6.36. The molecule has 0 aliphatic rings. The van der Waals surface area contributed by atoms with E-state index in [4.69, 9.17) is 16.3 Å². The molecule has 8 heteroatoms. The number of carbonyl (C=O) groups is 1. The van der Waals surface area contributed by atoms with Gasteiger partial charge in [-0.25, -0.2) is 4.79 Å². The van der Waals surface area contributed by atoms with Gasteiger partial charge >= 0.3 is 6.03 Å². The fraction of sp³-hybridized carbons (Fsp3) is 0.536. The maximum atomic E-state index is 12.6. The number of halogens is 2. The average Bonchev–Trinajstić information content (AvgIpc) is 2.89. The first-order valence-corrected chi connectivity index (χ1v) is 13.2. The summed E-state index contributed by atoms with van der Waals surface area (Å²) in [7, 11) is 0. The van der Waals surface area contributed by atoms with Gasteiger partial charge in [0.25, 0.3) is 0 Å². The van der Waals surface area contributed by atoms with Crippen LogP contribution in [0.2, 0.25) is 5.02 Å². The van der Waals surface area contributed by atoms with Crippen molar-refractivity contribution in [2.45, 2.75) is 83.1 Å². The van der Waals surface area contributed by atoms with Crippen molar-refractivity contribution in [1.82, 2.24) is 10.6 Å². The van der Waals surface area contributed by atoms with Crippen LogP contribution < -0.4 is 15.4 Å². The zero-order valence-corrected chi connectivity index (χ0v) is 21.9. The molecule has 0 aliphatic carbocycles. The standard InChI is InChI=1S/C28H40ClFN2O4/c1-2-24(33)8-4-3-5-9-26(32-28(35)31-20-21-10-14-23(29)15-11-21)27(34)22-12-16-25(17-13-22)36-19-7-6-18-30/h10-17,24,26-27,33-34H,2-9,18-20H2,1H3,(H2,31,32,35)/t24-,26+,27+/m0/s1. The lowest BCUT2D eigenvalue weighted by Gasteiger charge is -2.25. The molecule has 0 saturated carbocycles. The molecule has 2 aromatic carbocycles. The predicted molar refractivity (Wildman–Crippen MR) is 142 cm³/mol. The third kappa shape index (κ3) is 11.6. The third-order valence-electron chi connectivity index (χ3n) is 6.11. The van der Waals surface area contributed by atoms with E-state index in [0.717, 1.165) is 37.7 Å². The number of hydrogen-bond acceptors (Lipinski definition) is 4. The van der Waals surface area contributed by atoms with Crippen molar-refractivity contribution in [3.8, 4) is 5.75 Å². The lowest BCUT2D eigenvalue weighted by atomic mass is 9.96. The Morgan fingerprint density at radius 1 is 0.972 bits per heavy atom. The number of hydrogen-bond donors (Lipinski definition) is 4. The average molecular weight is 523 g/mol. The fourth-order valence-corrected chi connectivity index (χ4v) is 3.94. The number of aliphatic hydroxyl groups excluding tert-OH is 2. The molecular formula is C28H40ClFN2O4. The first kappa shape index (κ1) is 29.9. The van der Waals surface area contributed by atoms with Crippen molar-refractivity contribution in [3.05, 3.63) is 64.7 Å². The van der Waals surface area contributed by atoms with Crippen molar-refractivity contribution in [1.29, 1.82) is 0 Å². The molecule has 0 bridgehead atoms. The molecule has 2 aromatic rings. The molecule has 200 valence electrons. The van der Waals surface area contributed by atoms with E-state index in [9.17, 15) is 19.4 Å². The summed E-state index contributed by atoms with van der Waals surface area (Å²) in [6.45, 7) is 2.39. The highest BCUT2D eigenvalue weighted by Gasteiger charge is 2.23. The molecule has 6 nitrogen and oxygen atoms in total. The SMILES string of the molecule is CC[C@H](O)CCCCC[C@@H](NC(=O)NCc1ccc(Cl)cc1)[C@H](O)c1ccc(OCCCCF)cc1. The lowest BCUT2D eigenvalue weighted by Crippen LogP contribution is -2.44. The molecule has 4 N–H and O–H groups in total. The number of aliphatic hydroxyl groups is 2. The number of carbonyl (C=O) groups excluding carboxylic acids is 1. The highest BCUT2D eigenvalue weighted by molar-refractivity contribution is 6.30. The number of nitrogens with one attached hydrogen (secondary N) is 2. The Kier molecular flexibility index (Phi) is 14.2. The molecule has 3 atom stereocenters. The van der Waals surface area contributed by atoms with Crippen molar-refractivity contribution in [3.63, 3.8) is 0 Å². The van der Waals surface area contributed by atoms with Crippen LogP contribution >= 0.6 is 11.6 Å². The molecule has 0 aromatic heterocycles. The van der Waals surface area contributed by atoms with Gasteiger partial charge in [-0.05, 0) is 67.5 Å². The Morgan fingerprint density at radius 2 is 1.67 bits per heavy atom. The van der Waals surface area contributed by atoms with Gasteiger partial charge in [0.2, 0.25) is 0 Å². The van der Waals surface area contributed by atoms with Gasteiger partial charge in [-0.3, -0.25) is 4.39 Å². The summed E-state index contributed by atoms with van der Waals surface area (Å²) in [6.07, 6.45) is 4.65. The Labute approximate surface area is 219 Å². The van der Waals surface area contributed by atoms with Crippen LogP contribution in [-0.2, 0) is 6.54 Å².